The maximum atomic E-state index is 12.0. The van der Waals surface area contributed by atoms with Crippen LogP contribution < -0.4 is 5.32 Å². The first kappa shape index (κ1) is 13.5. The van der Waals surface area contributed by atoms with Crippen LogP contribution in [0.15, 0.2) is 6.20 Å². The third-order valence-corrected chi connectivity index (χ3v) is 2.48. The van der Waals surface area contributed by atoms with Gasteiger partial charge in [0.2, 0.25) is 5.91 Å². The summed E-state index contributed by atoms with van der Waals surface area (Å²) in [4.78, 5) is 11.1. The fourth-order valence-electron chi connectivity index (χ4n) is 1.49. The van der Waals surface area contributed by atoms with Crippen LogP contribution >= 0.6 is 0 Å². The quantitative estimate of drug-likeness (QED) is 0.888. The van der Waals surface area contributed by atoms with Gasteiger partial charge in [-0.1, -0.05) is 0 Å². The van der Waals surface area contributed by atoms with Gasteiger partial charge in [-0.05, 0) is 13.8 Å². The van der Waals surface area contributed by atoms with E-state index >= 15 is 0 Å². The minimum absolute atomic E-state index is 0.487. The highest BCUT2D eigenvalue weighted by Crippen LogP contribution is 2.21. The number of amides is 1. The van der Waals surface area contributed by atoms with Crippen molar-refractivity contribution in [3.05, 3.63) is 17.5 Å². The first-order chi connectivity index (χ1) is 7.70. The Morgan fingerprint density at radius 3 is 2.59 bits per heavy atom. The second-order valence-electron chi connectivity index (χ2n) is 3.89. The first-order valence-corrected chi connectivity index (χ1v) is 5.05. The van der Waals surface area contributed by atoms with Crippen molar-refractivity contribution in [3.63, 3.8) is 0 Å². The van der Waals surface area contributed by atoms with E-state index in [0.717, 1.165) is 5.69 Å². The molecule has 0 aliphatic carbocycles. The summed E-state index contributed by atoms with van der Waals surface area (Å²) in [6.45, 7) is 3.41. The largest absolute Gasteiger partial charge is 0.397 e. The van der Waals surface area contributed by atoms with Crippen molar-refractivity contribution in [1.29, 1.82) is 0 Å². The number of rotatable bonds is 3. The molecule has 1 unspecified atom stereocenters. The molecule has 17 heavy (non-hydrogen) atoms. The van der Waals surface area contributed by atoms with Crippen LogP contribution in [0.25, 0.3) is 0 Å². The van der Waals surface area contributed by atoms with Gasteiger partial charge in [-0.2, -0.15) is 18.3 Å². The van der Waals surface area contributed by atoms with Crippen LogP contribution in [0.2, 0.25) is 0 Å². The molecule has 0 saturated heterocycles. The van der Waals surface area contributed by atoms with Crippen LogP contribution in [-0.4, -0.2) is 21.9 Å². The van der Waals surface area contributed by atoms with Crippen molar-refractivity contribution in [2.45, 2.75) is 32.5 Å². The average Bonchev–Trinajstić information content (AvgIpc) is 2.44. The summed E-state index contributed by atoms with van der Waals surface area (Å²) in [6.07, 6.45) is -4.40. The predicted molar refractivity (Wildman–Crippen MR) is 55.2 cm³/mol. The van der Waals surface area contributed by atoms with E-state index in [0.29, 0.717) is 5.56 Å². The number of hydrogen-bond donors (Lipinski definition) is 1. The first-order valence-electron chi connectivity index (χ1n) is 5.05. The van der Waals surface area contributed by atoms with E-state index in [2.05, 4.69) is 10.4 Å². The van der Waals surface area contributed by atoms with E-state index < -0.39 is 24.5 Å². The molecule has 0 aromatic carbocycles. The zero-order chi connectivity index (χ0) is 13.2. The van der Waals surface area contributed by atoms with Crippen molar-refractivity contribution >= 4 is 5.91 Å². The molecule has 0 spiro atoms. The number of carbonyl (C=O) groups is 1. The van der Waals surface area contributed by atoms with Crippen molar-refractivity contribution in [3.8, 4) is 0 Å². The summed E-state index contributed by atoms with van der Waals surface area (Å²) in [5, 5.41) is 6.26. The highest BCUT2D eigenvalue weighted by atomic mass is 19.4. The van der Waals surface area contributed by atoms with Crippen LogP contribution in [-0.2, 0) is 11.8 Å². The van der Waals surface area contributed by atoms with Crippen LogP contribution in [0, 0.1) is 6.92 Å². The van der Waals surface area contributed by atoms with Gasteiger partial charge in [0.15, 0.2) is 0 Å². The van der Waals surface area contributed by atoms with E-state index in [1.807, 2.05) is 0 Å². The molecular weight excluding hydrogens is 235 g/mol. The number of aryl methyl sites for hydroxylation is 1. The lowest BCUT2D eigenvalue weighted by Crippen LogP contribution is -2.30. The molecule has 0 fully saturated rings. The van der Waals surface area contributed by atoms with Gasteiger partial charge >= 0.3 is 6.18 Å². The fourth-order valence-corrected chi connectivity index (χ4v) is 1.49. The SMILES string of the molecule is Cc1c(C(C)NC(=O)CC(F)(F)F)cnn1C. The minimum atomic E-state index is -4.48. The summed E-state index contributed by atoms with van der Waals surface area (Å²) in [6, 6.07) is -0.487. The number of carbonyl (C=O) groups excluding carboxylic acids is 1. The van der Waals surface area contributed by atoms with E-state index in [1.54, 1.807) is 25.6 Å². The van der Waals surface area contributed by atoms with Crippen LogP contribution in [0.1, 0.15) is 30.6 Å². The smallest absolute Gasteiger partial charge is 0.349 e. The summed E-state index contributed by atoms with van der Waals surface area (Å²) < 4.78 is 37.5. The monoisotopic (exact) mass is 249 g/mol. The number of alkyl halides is 3. The van der Waals surface area contributed by atoms with E-state index in [4.69, 9.17) is 0 Å². The third kappa shape index (κ3) is 3.76. The topological polar surface area (TPSA) is 46.9 Å². The molecule has 1 rings (SSSR count). The molecular formula is C10H14F3N3O. The van der Waals surface area contributed by atoms with E-state index in [-0.39, 0.29) is 0 Å². The number of halogens is 3. The molecule has 7 heteroatoms. The Kier molecular flexibility index (Phi) is 3.79. The molecule has 96 valence electrons. The number of hydrogen-bond acceptors (Lipinski definition) is 2. The minimum Gasteiger partial charge on any atom is -0.349 e. The Bertz CT molecular complexity index is 411. The zero-order valence-corrected chi connectivity index (χ0v) is 9.80. The molecule has 1 N–H and O–H groups in total. The maximum absolute atomic E-state index is 12.0. The number of aromatic nitrogens is 2. The third-order valence-electron chi connectivity index (χ3n) is 2.48. The Labute approximate surface area is 96.8 Å². The highest BCUT2D eigenvalue weighted by molar-refractivity contribution is 5.77. The lowest BCUT2D eigenvalue weighted by molar-refractivity contribution is -0.154. The normalized spacial score (nSPS) is 13.5. The number of nitrogens with one attached hydrogen (secondary N) is 1. The Morgan fingerprint density at radius 2 is 2.18 bits per heavy atom. The van der Waals surface area contributed by atoms with Crippen LogP contribution in [0.3, 0.4) is 0 Å². The molecule has 0 aliphatic heterocycles. The summed E-state index contributed by atoms with van der Waals surface area (Å²) >= 11 is 0. The van der Waals surface area contributed by atoms with Crippen LogP contribution in [0.4, 0.5) is 13.2 Å². The molecule has 1 amide bonds. The molecule has 4 nitrogen and oxygen atoms in total. The van der Waals surface area contributed by atoms with Gasteiger partial charge in [-0.3, -0.25) is 9.48 Å². The van der Waals surface area contributed by atoms with Gasteiger partial charge in [-0.15, -0.1) is 0 Å². The fraction of sp³-hybridized carbons (Fsp3) is 0.600. The molecule has 1 atom stereocenters. The molecule has 0 radical (unpaired) electrons. The zero-order valence-electron chi connectivity index (χ0n) is 9.80. The molecule has 0 bridgehead atoms. The Morgan fingerprint density at radius 1 is 1.59 bits per heavy atom. The number of nitrogens with zero attached hydrogens (tertiary/aromatic N) is 2. The summed E-state index contributed by atoms with van der Waals surface area (Å²) in [5.41, 5.74) is 1.52. The average molecular weight is 249 g/mol. The molecule has 1 heterocycles. The van der Waals surface area contributed by atoms with Crippen molar-refractivity contribution in [2.75, 3.05) is 0 Å². The van der Waals surface area contributed by atoms with Gasteiger partial charge in [0.25, 0.3) is 0 Å². The molecule has 1 aromatic rings. The van der Waals surface area contributed by atoms with Gasteiger partial charge < -0.3 is 5.32 Å². The van der Waals surface area contributed by atoms with E-state index in [9.17, 15) is 18.0 Å². The second-order valence-corrected chi connectivity index (χ2v) is 3.89. The Hall–Kier alpha value is -1.53. The summed E-state index contributed by atoms with van der Waals surface area (Å²) in [7, 11) is 1.73. The second kappa shape index (κ2) is 4.77. The van der Waals surface area contributed by atoms with Crippen molar-refractivity contribution in [2.24, 2.45) is 7.05 Å². The van der Waals surface area contributed by atoms with E-state index in [1.165, 1.54) is 6.20 Å². The molecule has 0 aliphatic rings. The van der Waals surface area contributed by atoms with Gasteiger partial charge in [0, 0.05) is 18.3 Å². The maximum Gasteiger partial charge on any atom is 0.397 e. The standard InChI is InChI=1S/C10H14F3N3O/c1-6(8-5-14-16(3)7(8)2)15-9(17)4-10(11,12)13/h5-6H,4H2,1-3H3,(H,15,17). The van der Waals surface area contributed by atoms with Crippen molar-refractivity contribution in [1.82, 2.24) is 15.1 Å². The summed E-state index contributed by atoms with van der Waals surface area (Å²) in [5.74, 6) is -1.03. The Balaban J connectivity index is 2.64. The van der Waals surface area contributed by atoms with Gasteiger partial charge in [0.05, 0.1) is 12.2 Å². The lowest BCUT2D eigenvalue weighted by atomic mass is 10.1. The lowest BCUT2D eigenvalue weighted by Gasteiger charge is -2.14. The van der Waals surface area contributed by atoms with Gasteiger partial charge in [0.1, 0.15) is 6.42 Å². The van der Waals surface area contributed by atoms with Crippen LogP contribution in [0.5, 0.6) is 0 Å². The molecule has 0 saturated carbocycles. The van der Waals surface area contributed by atoms with Crippen molar-refractivity contribution < 1.29 is 18.0 Å². The predicted octanol–water partition coefficient (Wildman–Crippen LogP) is 1.86. The van der Waals surface area contributed by atoms with Gasteiger partial charge in [-0.25, -0.2) is 0 Å². The highest BCUT2D eigenvalue weighted by Gasteiger charge is 2.31. The molecule has 1 aromatic heterocycles.